The Kier molecular flexibility index (Phi) is 3.64. The Morgan fingerprint density at radius 1 is 1.32 bits per heavy atom. The van der Waals surface area contributed by atoms with Crippen LogP contribution in [-0.2, 0) is 20.7 Å². The van der Waals surface area contributed by atoms with Gasteiger partial charge in [0.1, 0.15) is 0 Å². The van der Waals surface area contributed by atoms with Crippen LogP contribution in [0.3, 0.4) is 0 Å². The normalized spacial score (nSPS) is 17.6. The van der Waals surface area contributed by atoms with Gasteiger partial charge in [-0.1, -0.05) is 0 Å². The van der Waals surface area contributed by atoms with E-state index in [0.29, 0.717) is 24.1 Å². The predicted octanol–water partition coefficient (Wildman–Crippen LogP) is 1.71. The van der Waals surface area contributed by atoms with Gasteiger partial charge in [0, 0.05) is 25.1 Å². The van der Waals surface area contributed by atoms with Crippen LogP contribution in [0.4, 0.5) is 5.69 Å². The van der Waals surface area contributed by atoms with Crippen LogP contribution < -0.4 is 5.32 Å². The zero-order valence-corrected chi connectivity index (χ0v) is 10.9. The van der Waals surface area contributed by atoms with E-state index in [2.05, 4.69) is 5.32 Å². The Balaban J connectivity index is 2.23. The molecule has 19 heavy (non-hydrogen) atoms. The molecular weight excluding hydrogens is 246 g/mol. The summed E-state index contributed by atoms with van der Waals surface area (Å²) in [6.45, 7) is 2.73. The number of fused-ring (bicyclic) bond motifs is 1. The van der Waals surface area contributed by atoms with Crippen molar-refractivity contribution in [3.63, 3.8) is 0 Å². The first kappa shape index (κ1) is 13.3. The molecule has 0 fully saturated rings. The standard InChI is InChI=1S/C14H15NO4/c1-8(16)15-11-4-5-12-10(7-11)3-6-13(14(12)18)19-9(2)17/h4-5,7,13H,3,6H2,1-2H3,(H,15,16). The average molecular weight is 261 g/mol. The lowest BCUT2D eigenvalue weighted by atomic mass is 9.88. The highest BCUT2D eigenvalue weighted by Crippen LogP contribution is 2.26. The molecule has 1 aromatic rings. The van der Waals surface area contributed by atoms with Crippen molar-refractivity contribution in [3.8, 4) is 0 Å². The number of aryl methyl sites for hydroxylation is 1. The average Bonchev–Trinajstić information content (AvgIpc) is 2.31. The highest BCUT2D eigenvalue weighted by Gasteiger charge is 2.29. The minimum absolute atomic E-state index is 0.153. The molecule has 0 bridgehead atoms. The molecule has 1 aromatic carbocycles. The minimum Gasteiger partial charge on any atom is -0.454 e. The lowest BCUT2D eigenvalue weighted by Crippen LogP contribution is -2.31. The maximum atomic E-state index is 12.1. The van der Waals surface area contributed by atoms with Crippen molar-refractivity contribution >= 4 is 23.3 Å². The highest BCUT2D eigenvalue weighted by atomic mass is 16.5. The van der Waals surface area contributed by atoms with Crippen molar-refractivity contribution in [2.75, 3.05) is 5.32 Å². The quantitative estimate of drug-likeness (QED) is 0.822. The molecule has 0 aromatic heterocycles. The molecule has 2 rings (SSSR count). The van der Waals surface area contributed by atoms with Crippen LogP contribution in [0.25, 0.3) is 0 Å². The Morgan fingerprint density at radius 3 is 2.68 bits per heavy atom. The largest absolute Gasteiger partial charge is 0.454 e. The molecule has 1 unspecified atom stereocenters. The van der Waals surface area contributed by atoms with Gasteiger partial charge in [-0.3, -0.25) is 14.4 Å². The molecule has 0 radical (unpaired) electrons. The minimum atomic E-state index is -0.684. The molecule has 5 nitrogen and oxygen atoms in total. The summed E-state index contributed by atoms with van der Waals surface area (Å²) in [4.78, 5) is 34.0. The van der Waals surface area contributed by atoms with Crippen LogP contribution in [0.1, 0.15) is 36.2 Å². The van der Waals surface area contributed by atoms with Crippen molar-refractivity contribution in [1.29, 1.82) is 0 Å². The van der Waals surface area contributed by atoms with Gasteiger partial charge in [-0.15, -0.1) is 0 Å². The van der Waals surface area contributed by atoms with Crippen LogP contribution in [0.15, 0.2) is 18.2 Å². The number of esters is 1. The van der Waals surface area contributed by atoms with E-state index in [4.69, 9.17) is 4.74 Å². The molecule has 0 heterocycles. The molecule has 1 N–H and O–H groups in total. The van der Waals surface area contributed by atoms with Crippen molar-refractivity contribution in [1.82, 2.24) is 0 Å². The molecule has 0 saturated carbocycles. The molecule has 1 amide bonds. The number of ether oxygens (including phenoxy) is 1. The lowest BCUT2D eigenvalue weighted by Gasteiger charge is -2.23. The zero-order valence-electron chi connectivity index (χ0n) is 10.9. The van der Waals surface area contributed by atoms with Crippen LogP contribution in [-0.4, -0.2) is 23.8 Å². The molecule has 5 heteroatoms. The first-order valence-corrected chi connectivity index (χ1v) is 6.09. The van der Waals surface area contributed by atoms with Gasteiger partial charge in [-0.2, -0.15) is 0 Å². The van der Waals surface area contributed by atoms with E-state index >= 15 is 0 Å². The van der Waals surface area contributed by atoms with Crippen LogP contribution in [0, 0.1) is 0 Å². The van der Waals surface area contributed by atoms with Crippen molar-refractivity contribution in [2.45, 2.75) is 32.8 Å². The van der Waals surface area contributed by atoms with E-state index in [0.717, 1.165) is 5.56 Å². The van der Waals surface area contributed by atoms with Crippen molar-refractivity contribution in [2.24, 2.45) is 0 Å². The second-order valence-electron chi connectivity index (χ2n) is 4.55. The molecule has 1 aliphatic rings. The number of Topliss-reactive ketones (excluding diaryl/α,β-unsaturated/α-hetero) is 1. The number of carbonyl (C=O) groups is 3. The van der Waals surface area contributed by atoms with Crippen molar-refractivity contribution in [3.05, 3.63) is 29.3 Å². The molecule has 1 aliphatic carbocycles. The fourth-order valence-electron chi connectivity index (χ4n) is 2.23. The lowest BCUT2D eigenvalue weighted by molar-refractivity contribution is -0.144. The maximum absolute atomic E-state index is 12.1. The van der Waals surface area contributed by atoms with Gasteiger partial charge >= 0.3 is 5.97 Å². The maximum Gasteiger partial charge on any atom is 0.303 e. The number of hydrogen-bond acceptors (Lipinski definition) is 4. The summed E-state index contributed by atoms with van der Waals surface area (Å²) in [5.74, 6) is -0.776. The van der Waals surface area contributed by atoms with Crippen molar-refractivity contribution < 1.29 is 19.1 Å². The fraction of sp³-hybridized carbons (Fsp3) is 0.357. The number of amides is 1. The summed E-state index contributed by atoms with van der Waals surface area (Å²) in [7, 11) is 0. The third kappa shape index (κ3) is 2.99. The smallest absolute Gasteiger partial charge is 0.303 e. The Morgan fingerprint density at radius 2 is 2.05 bits per heavy atom. The summed E-state index contributed by atoms with van der Waals surface area (Å²) in [6.07, 6.45) is 0.443. The molecule has 1 atom stereocenters. The summed E-state index contributed by atoms with van der Waals surface area (Å²) in [5.41, 5.74) is 2.11. The van der Waals surface area contributed by atoms with Crippen LogP contribution in [0.2, 0.25) is 0 Å². The molecule has 0 saturated heterocycles. The molecule has 100 valence electrons. The summed E-state index contributed by atoms with van der Waals surface area (Å²) in [6, 6.07) is 5.13. The zero-order chi connectivity index (χ0) is 14.0. The Hall–Kier alpha value is -2.17. The first-order chi connectivity index (χ1) is 8.97. The number of carbonyl (C=O) groups excluding carboxylic acids is 3. The van der Waals surface area contributed by atoms with Gasteiger partial charge in [0.05, 0.1) is 0 Å². The van der Waals surface area contributed by atoms with Gasteiger partial charge in [0.2, 0.25) is 11.7 Å². The summed E-state index contributed by atoms with van der Waals surface area (Å²) in [5, 5.41) is 2.68. The number of anilines is 1. The third-order valence-corrected chi connectivity index (χ3v) is 2.97. The number of hydrogen-bond donors (Lipinski definition) is 1. The van der Waals surface area contributed by atoms with Gasteiger partial charge in [-0.05, 0) is 36.6 Å². The Labute approximate surface area is 110 Å². The Bertz CT molecular complexity index is 550. The van der Waals surface area contributed by atoms with Crippen LogP contribution in [0.5, 0.6) is 0 Å². The van der Waals surface area contributed by atoms with E-state index in [1.54, 1.807) is 18.2 Å². The predicted molar refractivity (Wildman–Crippen MR) is 69.0 cm³/mol. The summed E-state index contributed by atoms with van der Waals surface area (Å²) >= 11 is 0. The number of ketones is 1. The van der Waals surface area contributed by atoms with E-state index < -0.39 is 12.1 Å². The molecule has 0 aliphatic heterocycles. The number of nitrogens with one attached hydrogen (secondary N) is 1. The summed E-state index contributed by atoms with van der Waals surface area (Å²) < 4.78 is 5.00. The van der Waals surface area contributed by atoms with Gasteiger partial charge in [-0.25, -0.2) is 0 Å². The second-order valence-corrected chi connectivity index (χ2v) is 4.55. The number of rotatable bonds is 2. The highest BCUT2D eigenvalue weighted by molar-refractivity contribution is 6.03. The monoisotopic (exact) mass is 261 g/mol. The van der Waals surface area contributed by atoms with E-state index in [1.807, 2.05) is 0 Å². The van der Waals surface area contributed by atoms with Gasteiger partial charge in [0.15, 0.2) is 6.10 Å². The number of benzene rings is 1. The first-order valence-electron chi connectivity index (χ1n) is 6.09. The fourth-order valence-corrected chi connectivity index (χ4v) is 2.23. The van der Waals surface area contributed by atoms with E-state index in [-0.39, 0.29) is 11.7 Å². The van der Waals surface area contributed by atoms with Gasteiger partial charge < -0.3 is 10.1 Å². The van der Waals surface area contributed by atoms with E-state index in [1.165, 1.54) is 13.8 Å². The topological polar surface area (TPSA) is 72.5 Å². The SMILES string of the molecule is CC(=O)Nc1ccc2c(c1)CCC(OC(C)=O)C2=O. The third-order valence-electron chi connectivity index (χ3n) is 2.97. The van der Waals surface area contributed by atoms with Crippen LogP contribution >= 0.6 is 0 Å². The molecule has 0 spiro atoms. The van der Waals surface area contributed by atoms with Gasteiger partial charge in [0.25, 0.3) is 0 Å². The second kappa shape index (κ2) is 5.22. The molecular formula is C14H15NO4. The van der Waals surface area contributed by atoms with E-state index in [9.17, 15) is 14.4 Å².